The van der Waals surface area contributed by atoms with Gasteiger partial charge in [-0.15, -0.1) is 0 Å². The van der Waals surface area contributed by atoms with E-state index in [2.05, 4.69) is 12.2 Å². The van der Waals surface area contributed by atoms with Gasteiger partial charge in [0, 0.05) is 12.2 Å². The van der Waals surface area contributed by atoms with Gasteiger partial charge in [0.15, 0.2) is 0 Å². The summed E-state index contributed by atoms with van der Waals surface area (Å²) in [5, 5.41) is 4.04. The van der Waals surface area contributed by atoms with E-state index in [-0.39, 0.29) is 0 Å². The van der Waals surface area contributed by atoms with Gasteiger partial charge in [0.1, 0.15) is 0 Å². The first-order valence-electron chi connectivity index (χ1n) is 9.53. The number of hydrogen-bond acceptors (Lipinski definition) is 2. The van der Waals surface area contributed by atoms with Crippen molar-refractivity contribution in [2.24, 2.45) is 0 Å². The summed E-state index contributed by atoms with van der Waals surface area (Å²) in [4.78, 5) is 0. The number of halogens is 1. The predicted octanol–water partition coefficient (Wildman–Crippen LogP) is 7.04. The van der Waals surface area contributed by atoms with Crippen molar-refractivity contribution in [2.45, 2.75) is 84.0 Å². The zero-order valence-electron chi connectivity index (χ0n) is 14.9. The van der Waals surface area contributed by atoms with Gasteiger partial charge in [0.25, 0.3) is 0 Å². The number of anilines is 2. The minimum atomic E-state index is 0.626. The summed E-state index contributed by atoms with van der Waals surface area (Å²) in [6.45, 7) is 3.29. The van der Waals surface area contributed by atoms with E-state index in [0.29, 0.717) is 10.7 Å². The van der Waals surface area contributed by atoms with E-state index in [9.17, 15) is 0 Å². The minimum Gasteiger partial charge on any atom is -0.397 e. The molecule has 23 heavy (non-hydrogen) atoms. The molecule has 1 aromatic rings. The molecule has 0 aliphatic rings. The number of nitrogens with one attached hydrogen (secondary N) is 1. The molecular formula is C20H35ClN2. The Morgan fingerprint density at radius 2 is 1.35 bits per heavy atom. The van der Waals surface area contributed by atoms with Crippen molar-refractivity contribution in [3.8, 4) is 0 Å². The first-order chi connectivity index (χ1) is 11.2. The monoisotopic (exact) mass is 338 g/mol. The van der Waals surface area contributed by atoms with E-state index in [4.69, 9.17) is 17.3 Å². The van der Waals surface area contributed by atoms with Crippen LogP contribution >= 0.6 is 11.6 Å². The summed E-state index contributed by atoms with van der Waals surface area (Å²) in [6.07, 6.45) is 16.6. The molecule has 0 aliphatic carbocycles. The van der Waals surface area contributed by atoms with Crippen molar-refractivity contribution in [1.29, 1.82) is 0 Å². The van der Waals surface area contributed by atoms with Crippen LogP contribution in [0.15, 0.2) is 18.2 Å². The van der Waals surface area contributed by atoms with Crippen LogP contribution in [0.25, 0.3) is 0 Å². The largest absolute Gasteiger partial charge is 0.397 e. The lowest BCUT2D eigenvalue weighted by Crippen LogP contribution is -2.02. The first-order valence-corrected chi connectivity index (χ1v) is 9.90. The van der Waals surface area contributed by atoms with Gasteiger partial charge >= 0.3 is 0 Å². The molecule has 0 heterocycles. The summed E-state index contributed by atoms with van der Waals surface area (Å²) in [5.41, 5.74) is 7.50. The molecule has 1 rings (SSSR count). The van der Waals surface area contributed by atoms with E-state index < -0.39 is 0 Å². The fourth-order valence-corrected chi connectivity index (χ4v) is 2.97. The lowest BCUT2D eigenvalue weighted by Gasteiger charge is -2.08. The fraction of sp³-hybridized carbons (Fsp3) is 0.700. The smallest absolute Gasteiger partial charge is 0.0636 e. The molecule has 0 unspecified atom stereocenters. The maximum Gasteiger partial charge on any atom is 0.0636 e. The molecule has 0 bridgehead atoms. The molecule has 0 aromatic heterocycles. The maximum absolute atomic E-state index is 5.91. The summed E-state index contributed by atoms with van der Waals surface area (Å²) >= 11 is 5.91. The molecule has 0 fully saturated rings. The van der Waals surface area contributed by atoms with Crippen LogP contribution in [0.4, 0.5) is 11.4 Å². The highest BCUT2D eigenvalue weighted by Crippen LogP contribution is 2.22. The topological polar surface area (TPSA) is 38.0 Å². The minimum absolute atomic E-state index is 0.626. The molecule has 2 nitrogen and oxygen atoms in total. The summed E-state index contributed by atoms with van der Waals surface area (Å²) in [7, 11) is 0. The Bertz CT molecular complexity index is 407. The molecule has 0 radical (unpaired) electrons. The van der Waals surface area contributed by atoms with E-state index in [0.717, 1.165) is 12.2 Å². The van der Waals surface area contributed by atoms with Crippen LogP contribution in [0.2, 0.25) is 5.02 Å². The summed E-state index contributed by atoms with van der Waals surface area (Å²) < 4.78 is 0. The Kier molecular flexibility index (Phi) is 11.9. The molecular weight excluding hydrogens is 304 g/mol. The average molecular weight is 339 g/mol. The molecule has 1 aromatic carbocycles. The second-order valence-electron chi connectivity index (χ2n) is 6.55. The first kappa shape index (κ1) is 20.2. The van der Waals surface area contributed by atoms with Crippen LogP contribution in [0.3, 0.4) is 0 Å². The van der Waals surface area contributed by atoms with E-state index in [1.807, 2.05) is 18.2 Å². The van der Waals surface area contributed by atoms with E-state index in [1.165, 1.54) is 77.0 Å². The second kappa shape index (κ2) is 13.5. The molecule has 0 aliphatic heterocycles. The Balaban J connectivity index is 1.85. The highest BCUT2D eigenvalue weighted by Gasteiger charge is 1.98. The number of nitrogens with two attached hydrogens (primary N) is 1. The van der Waals surface area contributed by atoms with Gasteiger partial charge in [-0.1, -0.05) is 89.2 Å². The number of nitrogen functional groups attached to an aromatic ring is 1. The zero-order valence-corrected chi connectivity index (χ0v) is 15.6. The van der Waals surface area contributed by atoms with Gasteiger partial charge < -0.3 is 11.1 Å². The van der Waals surface area contributed by atoms with Crippen LogP contribution in [0, 0.1) is 0 Å². The molecule has 0 spiro atoms. The van der Waals surface area contributed by atoms with E-state index in [1.54, 1.807) is 0 Å². The van der Waals surface area contributed by atoms with Crippen molar-refractivity contribution in [2.75, 3.05) is 17.6 Å². The maximum atomic E-state index is 5.91. The lowest BCUT2D eigenvalue weighted by atomic mass is 10.1. The van der Waals surface area contributed by atoms with Crippen LogP contribution in [-0.4, -0.2) is 6.54 Å². The molecule has 0 atom stereocenters. The van der Waals surface area contributed by atoms with Crippen LogP contribution in [-0.2, 0) is 0 Å². The third-order valence-electron chi connectivity index (χ3n) is 4.36. The van der Waals surface area contributed by atoms with Crippen molar-refractivity contribution in [3.05, 3.63) is 23.2 Å². The van der Waals surface area contributed by atoms with Gasteiger partial charge in [-0.2, -0.15) is 0 Å². The Morgan fingerprint density at radius 1 is 0.826 bits per heavy atom. The number of rotatable bonds is 14. The molecule has 0 saturated heterocycles. The predicted molar refractivity (Wildman–Crippen MR) is 105 cm³/mol. The van der Waals surface area contributed by atoms with Crippen molar-refractivity contribution in [1.82, 2.24) is 0 Å². The van der Waals surface area contributed by atoms with Crippen molar-refractivity contribution < 1.29 is 0 Å². The number of hydrogen-bond donors (Lipinski definition) is 2. The van der Waals surface area contributed by atoms with Crippen molar-refractivity contribution >= 4 is 23.0 Å². The third kappa shape index (κ3) is 10.5. The standard InChI is InChI=1S/C20H35ClN2/c1-2-3-4-5-6-7-8-9-10-11-12-13-16-23-18-14-15-19(21)20(22)17-18/h14-15,17,23H,2-13,16,22H2,1H3. The quantitative estimate of drug-likeness (QED) is 0.282. The average Bonchev–Trinajstić information content (AvgIpc) is 2.55. The SMILES string of the molecule is CCCCCCCCCCCCCCNc1ccc(Cl)c(N)c1. The Morgan fingerprint density at radius 3 is 1.87 bits per heavy atom. The highest BCUT2D eigenvalue weighted by atomic mass is 35.5. The van der Waals surface area contributed by atoms with Gasteiger partial charge in [0.2, 0.25) is 0 Å². The molecule has 0 saturated carbocycles. The fourth-order valence-electron chi connectivity index (χ4n) is 2.85. The van der Waals surface area contributed by atoms with Gasteiger partial charge in [-0.25, -0.2) is 0 Å². The van der Waals surface area contributed by atoms with Gasteiger partial charge in [-0.05, 0) is 24.6 Å². The molecule has 0 amide bonds. The Hall–Kier alpha value is -0.890. The Labute approximate surface area is 148 Å². The van der Waals surface area contributed by atoms with E-state index >= 15 is 0 Å². The van der Waals surface area contributed by atoms with Gasteiger partial charge in [-0.3, -0.25) is 0 Å². The third-order valence-corrected chi connectivity index (χ3v) is 4.70. The summed E-state index contributed by atoms with van der Waals surface area (Å²) in [5.74, 6) is 0. The van der Waals surface area contributed by atoms with Crippen LogP contribution in [0.1, 0.15) is 84.0 Å². The van der Waals surface area contributed by atoms with Crippen LogP contribution < -0.4 is 11.1 Å². The van der Waals surface area contributed by atoms with Gasteiger partial charge in [0.05, 0.1) is 10.7 Å². The normalized spacial score (nSPS) is 10.9. The summed E-state index contributed by atoms with van der Waals surface area (Å²) in [6, 6.07) is 5.74. The second-order valence-corrected chi connectivity index (χ2v) is 6.96. The highest BCUT2D eigenvalue weighted by molar-refractivity contribution is 6.33. The van der Waals surface area contributed by atoms with Crippen molar-refractivity contribution in [3.63, 3.8) is 0 Å². The number of unbranched alkanes of at least 4 members (excludes halogenated alkanes) is 11. The molecule has 3 N–H and O–H groups in total. The zero-order chi connectivity index (χ0) is 16.8. The van der Waals surface area contributed by atoms with Crippen LogP contribution in [0.5, 0.6) is 0 Å². The molecule has 3 heteroatoms. The lowest BCUT2D eigenvalue weighted by molar-refractivity contribution is 0.546. The number of benzene rings is 1. The molecule has 132 valence electrons.